The Hall–Kier alpha value is -2.13. The SMILES string of the molecule is CNc1ncc(S(=O)(=O)NCc2ccc(F)cc2F)cn1. The van der Waals surface area contributed by atoms with E-state index in [-0.39, 0.29) is 23.0 Å². The summed E-state index contributed by atoms with van der Waals surface area (Å²) >= 11 is 0. The van der Waals surface area contributed by atoms with Crippen molar-refractivity contribution in [2.75, 3.05) is 12.4 Å². The normalized spacial score (nSPS) is 11.4. The lowest BCUT2D eigenvalue weighted by Gasteiger charge is -2.07. The van der Waals surface area contributed by atoms with Gasteiger partial charge in [-0.25, -0.2) is 31.9 Å². The molecule has 0 aliphatic carbocycles. The van der Waals surface area contributed by atoms with Crippen LogP contribution in [0.5, 0.6) is 0 Å². The zero-order chi connectivity index (χ0) is 15.5. The van der Waals surface area contributed by atoms with Gasteiger partial charge in [0, 0.05) is 25.2 Å². The van der Waals surface area contributed by atoms with E-state index >= 15 is 0 Å². The molecule has 0 aliphatic rings. The van der Waals surface area contributed by atoms with Crippen LogP contribution in [-0.4, -0.2) is 25.4 Å². The molecule has 0 fully saturated rings. The maximum Gasteiger partial charge on any atom is 0.243 e. The molecule has 6 nitrogen and oxygen atoms in total. The van der Waals surface area contributed by atoms with Crippen LogP contribution >= 0.6 is 0 Å². The number of hydrogen-bond donors (Lipinski definition) is 2. The number of nitrogens with one attached hydrogen (secondary N) is 2. The third-order valence-corrected chi connectivity index (χ3v) is 3.99. The molecule has 1 aromatic heterocycles. The van der Waals surface area contributed by atoms with Gasteiger partial charge in [-0.3, -0.25) is 0 Å². The molecule has 2 N–H and O–H groups in total. The summed E-state index contributed by atoms with van der Waals surface area (Å²) in [4.78, 5) is 7.42. The molecule has 2 aromatic rings. The van der Waals surface area contributed by atoms with Gasteiger partial charge in [-0.1, -0.05) is 6.07 Å². The van der Waals surface area contributed by atoms with Crippen LogP contribution in [0.3, 0.4) is 0 Å². The fraction of sp³-hybridized carbons (Fsp3) is 0.167. The average Bonchev–Trinajstić information content (AvgIpc) is 2.46. The van der Waals surface area contributed by atoms with Gasteiger partial charge in [-0.05, 0) is 6.07 Å². The fourth-order valence-electron chi connectivity index (χ4n) is 1.51. The van der Waals surface area contributed by atoms with Gasteiger partial charge in [-0.2, -0.15) is 0 Å². The number of benzene rings is 1. The number of nitrogens with zero attached hydrogens (tertiary/aromatic N) is 2. The molecule has 0 unspecified atom stereocenters. The van der Waals surface area contributed by atoms with Crippen molar-refractivity contribution in [1.29, 1.82) is 0 Å². The van der Waals surface area contributed by atoms with Crippen LogP contribution in [0.25, 0.3) is 0 Å². The van der Waals surface area contributed by atoms with Crippen LogP contribution in [0.15, 0.2) is 35.5 Å². The van der Waals surface area contributed by atoms with E-state index in [1.165, 1.54) is 6.07 Å². The van der Waals surface area contributed by atoms with E-state index in [0.29, 0.717) is 6.07 Å². The van der Waals surface area contributed by atoms with E-state index in [4.69, 9.17) is 0 Å². The van der Waals surface area contributed by atoms with E-state index in [0.717, 1.165) is 18.5 Å². The van der Waals surface area contributed by atoms with Crippen molar-refractivity contribution >= 4 is 16.0 Å². The van der Waals surface area contributed by atoms with E-state index in [1.54, 1.807) is 7.05 Å². The second-order valence-corrected chi connectivity index (χ2v) is 5.82. The van der Waals surface area contributed by atoms with Gasteiger partial charge >= 0.3 is 0 Å². The first-order chi connectivity index (χ1) is 9.92. The highest BCUT2D eigenvalue weighted by molar-refractivity contribution is 7.89. The van der Waals surface area contributed by atoms with E-state index in [2.05, 4.69) is 20.0 Å². The molecule has 9 heteroatoms. The minimum Gasteiger partial charge on any atom is -0.357 e. The highest BCUT2D eigenvalue weighted by Gasteiger charge is 2.16. The number of sulfonamides is 1. The second-order valence-electron chi connectivity index (χ2n) is 4.05. The number of hydrogen-bond acceptors (Lipinski definition) is 5. The fourth-order valence-corrected chi connectivity index (χ4v) is 2.40. The average molecular weight is 314 g/mol. The lowest BCUT2D eigenvalue weighted by atomic mass is 10.2. The van der Waals surface area contributed by atoms with Gasteiger partial charge in [0.15, 0.2) is 0 Å². The van der Waals surface area contributed by atoms with Crippen LogP contribution in [0, 0.1) is 11.6 Å². The van der Waals surface area contributed by atoms with Crippen LogP contribution in [0.1, 0.15) is 5.56 Å². The Balaban J connectivity index is 2.13. The van der Waals surface area contributed by atoms with Crippen molar-refractivity contribution in [2.45, 2.75) is 11.4 Å². The summed E-state index contributed by atoms with van der Waals surface area (Å²) in [7, 11) is -2.28. The third kappa shape index (κ3) is 3.70. The molecule has 0 amide bonds. The van der Waals surface area contributed by atoms with Crippen LogP contribution in [0.4, 0.5) is 14.7 Å². The minimum absolute atomic E-state index is 0.0349. The van der Waals surface area contributed by atoms with Crippen molar-refractivity contribution in [3.05, 3.63) is 47.8 Å². The Morgan fingerprint density at radius 3 is 2.43 bits per heavy atom. The first kappa shape index (κ1) is 15.3. The number of rotatable bonds is 5. The lowest BCUT2D eigenvalue weighted by molar-refractivity contribution is 0.562. The number of halogens is 2. The highest BCUT2D eigenvalue weighted by atomic mass is 32.2. The molecular weight excluding hydrogens is 302 g/mol. The molecule has 0 saturated heterocycles. The van der Waals surface area contributed by atoms with Gasteiger partial charge in [0.2, 0.25) is 16.0 Å². The summed E-state index contributed by atoms with van der Waals surface area (Å²) in [6.07, 6.45) is 2.25. The molecule has 0 spiro atoms. The van der Waals surface area contributed by atoms with Crippen molar-refractivity contribution < 1.29 is 17.2 Å². The summed E-state index contributed by atoms with van der Waals surface area (Å²) in [6, 6.07) is 2.92. The quantitative estimate of drug-likeness (QED) is 0.868. The largest absolute Gasteiger partial charge is 0.357 e. The Bertz CT molecular complexity index is 735. The second kappa shape index (κ2) is 6.10. The van der Waals surface area contributed by atoms with Crippen molar-refractivity contribution in [3.63, 3.8) is 0 Å². The first-order valence-electron chi connectivity index (χ1n) is 5.86. The molecule has 21 heavy (non-hydrogen) atoms. The number of anilines is 1. The molecule has 0 aliphatic heterocycles. The standard InChI is InChI=1S/C12H12F2N4O2S/c1-15-12-16-6-10(7-17-12)21(19,20)18-5-8-2-3-9(13)4-11(8)14/h2-4,6-7,18H,5H2,1H3,(H,15,16,17). The summed E-state index contributed by atoms with van der Waals surface area (Å²) in [5.41, 5.74) is 0.0349. The Labute approximate surface area is 120 Å². The minimum atomic E-state index is -3.87. The molecule has 0 radical (unpaired) electrons. The van der Waals surface area contributed by atoms with Crippen LogP contribution in [-0.2, 0) is 16.6 Å². The van der Waals surface area contributed by atoms with Gasteiger partial charge in [0.05, 0.1) is 12.4 Å². The summed E-state index contributed by atoms with van der Waals surface area (Å²) in [5, 5.41) is 2.65. The predicted octanol–water partition coefficient (Wildman–Crippen LogP) is 1.27. The molecule has 2 rings (SSSR count). The summed E-state index contributed by atoms with van der Waals surface area (Å²) < 4.78 is 52.3. The highest BCUT2D eigenvalue weighted by Crippen LogP contribution is 2.12. The topological polar surface area (TPSA) is 84.0 Å². The van der Waals surface area contributed by atoms with Crippen molar-refractivity contribution in [3.8, 4) is 0 Å². The van der Waals surface area contributed by atoms with Gasteiger partial charge in [-0.15, -0.1) is 0 Å². The smallest absolute Gasteiger partial charge is 0.243 e. The molecule has 1 aromatic carbocycles. The molecule has 112 valence electrons. The monoisotopic (exact) mass is 314 g/mol. The van der Waals surface area contributed by atoms with Crippen molar-refractivity contribution in [2.24, 2.45) is 0 Å². The van der Waals surface area contributed by atoms with Gasteiger partial charge in [0.1, 0.15) is 16.5 Å². The first-order valence-corrected chi connectivity index (χ1v) is 7.34. The van der Waals surface area contributed by atoms with Gasteiger partial charge in [0.25, 0.3) is 0 Å². The van der Waals surface area contributed by atoms with E-state index in [9.17, 15) is 17.2 Å². The molecule has 1 heterocycles. The van der Waals surface area contributed by atoms with Gasteiger partial charge < -0.3 is 5.32 Å². The van der Waals surface area contributed by atoms with Crippen LogP contribution < -0.4 is 10.0 Å². The lowest BCUT2D eigenvalue weighted by Crippen LogP contribution is -2.24. The van der Waals surface area contributed by atoms with Crippen molar-refractivity contribution in [1.82, 2.24) is 14.7 Å². The molecule has 0 saturated carbocycles. The Morgan fingerprint density at radius 1 is 1.19 bits per heavy atom. The Morgan fingerprint density at radius 2 is 1.86 bits per heavy atom. The van der Waals surface area contributed by atoms with E-state index < -0.39 is 21.7 Å². The van der Waals surface area contributed by atoms with E-state index in [1.807, 2.05) is 0 Å². The molecular formula is C12H12F2N4O2S. The zero-order valence-corrected chi connectivity index (χ0v) is 11.8. The number of aromatic nitrogens is 2. The zero-order valence-electron chi connectivity index (χ0n) is 11.0. The maximum absolute atomic E-state index is 13.4. The maximum atomic E-state index is 13.4. The Kier molecular flexibility index (Phi) is 4.43. The summed E-state index contributed by atoms with van der Waals surface area (Å²) in [5.74, 6) is -1.27. The molecule has 0 atom stereocenters. The summed E-state index contributed by atoms with van der Waals surface area (Å²) in [6.45, 7) is -0.303. The predicted molar refractivity (Wildman–Crippen MR) is 72.0 cm³/mol. The third-order valence-electron chi connectivity index (χ3n) is 2.63. The van der Waals surface area contributed by atoms with Crippen LogP contribution in [0.2, 0.25) is 0 Å². The molecule has 0 bridgehead atoms.